The van der Waals surface area contributed by atoms with Crippen LogP contribution in [0, 0.1) is 0 Å². The molecule has 2 heterocycles. The minimum atomic E-state index is 0.629. The van der Waals surface area contributed by atoms with Gasteiger partial charge < -0.3 is 4.74 Å². The average molecular weight is 468 g/mol. The van der Waals surface area contributed by atoms with Crippen LogP contribution in [0.25, 0.3) is 42.1 Å². The lowest BCUT2D eigenvalue weighted by atomic mass is 10.1. The van der Waals surface area contributed by atoms with Crippen LogP contribution in [-0.2, 0) is 0 Å². The van der Waals surface area contributed by atoms with Crippen molar-refractivity contribution in [2.24, 2.45) is 5.10 Å². The Labute approximate surface area is 197 Å². The number of rotatable bonds is 4. The molecule has 6 rings (SSSR count). The fourth-order valence-electron chi connectivity index (χ4n) is 3.70. The van der Waals surface area contributed by atoms with Crippen LogP contribution < -0.4 is 15.5 Å². The quantitative estimate of drug-likeness (QED) is 0.254. The third kappa shape index (κ3) is 3.69. The summed E-state index contributed by atoms with van der Waals surface area (Å²) >= 11 is 3.14. The maximum absolute atomic E-state index is 5.39. The Kier molecular flexibility index (Phi) is 4.93. The van der Waals surface area contributed by atoms with Gasteiger partial charge in [-0.3, -0.25) is 5.43 Å². The van der Waals surface area contributed by atoms with Crippen LogP contribution in [0.4, 0.5) is 5.13 Å². The van der Waals surface area contributed by atoms with Crippen LogP contribution in [0.5, 0.6) is 5.75 Å². The second kappa shape index (κ2) is 8.23. The third-order valence-corrected chi connectivity index (χ3v) is 7.24. The number of nitrogens with zero attached hydrogens (tertiary/aromatic N) is 4. The summed E-state index contributed by atoms with van der Waals surface area (Å²) in [4.78, 5) is 6.01. The number of benzene rings is 4. The SMILES string of the molecule is COc1ccc2nc3/c(=N/Nc4nnc(-c5ccccc5)s4)c4ccccc4cc-3sc2c1. The average Bonchev–Trinajstić information content (AvgIpc) is 3.34. The van der Waals surface area contributed by atoms with E-state index in [0.29, 0.717) is 5.13 Å². The highest BCUT2D eigenvalue weighted by molar-refractivity contribution is 7.21. The molecular formula is C25H17N5OS2. The van der Waals surface area contributed by atoms with Gasteiger partial charge in [-0.2, -0.15) is 5.10 Å². The molecule has 1 aliphatic carbocycles. The number of anilines is 1. The first-order chi connectivity index (χ1) is 16.3. The second-order valence-corrected chi connectivity index (χ2v) is 9.40. The molecule has 1 N–H and O–H groups in total. The van der Waals surface area contributed by atoms with Crippen LogP contribution in [0.1, 0.15) is 0 Å². The Morgan fingerprint density at radius 1 is 0.879 bits per heavy atom. The summed E-state index contributed by atoms with van der Waals surface area (Å²) in [5.41, 5.74) is 5.90. The van der Waals surface area contributed by atoms with Crippen molar-refractivity contribution in [3.05, 3.63) is 84.2 Å². The minimum absolute atomic E-state index is 0.629. The number of hydrogen-bond acceptors (Lipinski definition) is 8. The number of methoxy groups -OCH3 is 1. The van der Waals surface area contributed by atoms with Crippen molar-refractivity contribution < 1.29 is 4.74 Å². The zero-order chi connectivity index (χ0) is 22.2. The molecule has 160 valence electrons. The summed E-state index contributed by atoms with van der Waals surface area (Å²) in [5, 5.41) is 17.7. The topological polar surface area (TPSA) is 72.3 Å². The molecule has 1 aliphatic heterocycles. The van der Waals surface area contributed by atoms with Crippen molar-refractivity contribution in [2.75, 3.05) is 12.5 Å². The number of ether oxygens (including phenoxy) is 1. The highest BCUT2D eigenvalue weighted by Crippen LogP contribution is 2.33. The van der Waals surface area contributed by atoms with Gasteiger partial charge in [-0.15, -0.1) is 21.5 Å². The van der Waals surface area contributed by atoms with E-state index in [4.69, 9.17) is 14.8 Å². The van der Waals surface area contributed by atoms with Crippen LogP contribution >= 0.6 is 22.7 Å². The lowest BCUT2D eigenvalue weighted by Gasteiger charge is -2.10. The van der Waals surface area contributed by atoms with E-state index in [1.807, 2.05) is 60.7 Å². The van der Waals surface area contributed by atoms with Crippen LogP contribution in [0.2, 0.25) is 0 Å². The van der Waals surface area contributed by atoms with Gasteiger partial charge in [0.2, 0.25) is 5.13 Å². The van der Waals surface area contributed by atoms with Gasteiger partial charge in [-0.25, -0.2) is 4.98 Å². The lowest BCUT2D eigenvalue weighted by molar-refractivity contribution is 0.415. The number of fused-ring (bicyclic) bond motifs is 3. The molecule has 2 aliphatic rings. The van der Waals surface area contributed by atoms with Gasteiger partial charge in [0.05, 0.1) is 22.2 Å². The monoisotopic (exact) mass is 467 g/mol. The normalized spacial score (nSPS) is 12.0. The Bertz CT molecular complexity index is 1640. The number of hydrogen-bond donors (Lipinski definition) is 1. The number of aromatic nitrogens is 3. The van der Waals surface area contributed by atoms with Gasteiger partial charge in [0.1, 0.15) is 21.8 Å². The van der Waals surface area contributed by atoms with Gasteiger partial charge in [0.25, 0.3) is 0 Å². The largest absolute Gasteiger partial charge is 0.497 e. The molecule has 3 aromatic carbocycles. The van der Waals surface area contributed by atoms with Gasteiger partial charge in [0, 0.05) is 10.9 Å². The molecule has 0 atom stereocenters. The van der Waals surface area contributed by atoms with E-state index in [2.05, 4.69) is 33.8 Å². The van der Waals surface area contributed by atoms with E-state index < -0.39 is 0 Å². The van der Waals surface area contributed by atoms with Crippen LogP contribution in [-0.4, -0.2) is 22.3 Å². The summed E-state index contributed by atoms with van der Waals surface area (Å²) in [5.74, 6) is 0.817. The van der Waals surface area contributed by atoms with E-state index in [9.17, 15) is 0 Å². The van der Waals surface area contributed by atoms with Gasteiger partial charge >= 0.3 is 0 Å². The van der Waals surface area contributed by atoms with Crippen molar-refractivity contribution in [3.63, 3.8) is 0 Å². The van der Waals surface area contributed by atoms with Gasteiger partial charge in [-0.1, -0.05) is 65.9 Å². The number of nitrogens with one attached hydrogen (secondary N) is 1. The van der Waals surface area contributed by atoms with E-state index in [-0.39, 0.29) is 0 Å². The first-order valence-electron chi connectivity index (χ1n) is 10.3. The Balaban J connectivity index is 1.50. The minimum Gasteiger partial charge on any atom is -0.497 e. The Morgan fingerprint density at radius 3 is 2.61 bits per heavy atom. The van der Waals surface area contributed by atoms with Crippen molar-refractivity contribution in [2.45, 2.75) is 0 Å². The summed E-state index contributed by atoms with van der Waals surface area (Å²) in [6, 6.07) is 26.3. The summed E-state index contributed by atoms with van der Waals surface area (Å²) < 4.78 is 6.45. The maximum Gasteiger partial charge on any atom is 0.226 e. The van der Waals surface area contributed by atoms with Crippen molar-refractivity contribution in [1.29, 1.82) is 0 Å². The molecule has 0 unspecified atom stereocenters. The van der Waals surface area contributed by atoms with Gasteiger partial charge in [-0.05, 0) is 29.7 Å². The standard InChI is InChI=1S/C25H17N5OS2/c1-31-17-11-12-19-20(14-17)32-21-13-16-9-5-6-10-18(16)22(23(21)26-19)27-29-25-30-28-24(33-25)15-7-3-2-4-8-15/h2-14H,1H3,(H,29,30)/b27-22+. The molecular weight excluding hydrogens is 450 g/mol. The first-order valence-corrected chi connectivity index (χ1v) is 11.9. The van der Waals surface area contributed by atoms with E-state index in [0.717, 1.165) is 53.2 Å². The Morgan fingerprint density at radius 2 is 1.73 bits per heavy atom. The summed E-state index contributed by atoms with van der Waals surface area (Å²) in [6.45, 7) is 0. The molecule has 4 aromatic rings. The fraction of sp³-hybridized carbons (Fsp3) is 0.0400. The highest BCUT2D eigenvalue weighted by atomic mass is 32.1. The Hall–Kier alpha value is -3.88. The smallest absolute Gasteiger partial charge is 0.226 e. The molecule has 0 saturated carbocycles. The van der Waals surface area contributed by atoms with E-state index >= 15 is 0 Å². The first kappa shape index (κ1) is 19.8. The molecule has 8 heteroatoms. The predicted octanol–water partition coefficient (Wildman–Crippen LogP) is 6.01. The molecule has 0 bridgehead atoms. The van der Waals surface area contributed by atoms with E-state index in [1.54, 1.807) is 18.4 Å². The highest BCUT2D eigenvalue weighted by Gasteiger charge is 2.14. The van der Waals surface area contributed by atoms with Crippen molar-refractivity contribution in [3.8, 4) is 26.9 Å². The molecule has 0 radical (unpaired) electrons. The molecule has 1 aromatic heterocycles. The van der Waals surface area contributed by atoms with E-state index in [1.165, 1.54) is 11.3 Å². The van der Waals surface area contributed by atoms with Crippen molar-refractivity contribution in [1.82, 2.24) is 15.2 Å². The molecule has 33 heavy (non-hydrogen) atoms. The van der Waals surface area contributed by atoms with Crippen LogP contribution in [0.15, 0.2) is 84.0 Å². The second-order valence-electron chi connectivity index (χ2n) is 7.34. The lowest BCUT2D eigenvalue weighted by Crippen LogP contribution is -2.13. The summed E-state index contributed by atoms with van der Waals surface area (Å²) in [6.07, 6.45) is 0. The fourth-order valence-corrected chi connectivity index (χ4v) is 5.44. The third-order valence-electron chi connectivity index (χ3n) is 5.29. The maximum atomic E-state index is 5.39. The zero-order valence-electron chi connectivity index (χ0n) is 17.5. The molecule has 0 amide bonds. The van der Waals surface area contributed by atoms with Crippen molar-refractivity contribution >= 4 is 48.8 Å². The zero-order valence-corrected chi connectivity index (χ0v) is 19.2. The summed E-state index contributed by atoms with van der Waals surface area (Å²) in [7, 11) is 1.67. The molecule has 6 nitrogen and oxygen atoms in total. The molecule has 0 fully saturated rings. The predicted molar refractivity (Wildman–Crippen MR) is 135 cm³/mol. The molecule has 0 spiro atoms. The van der Waals surface area contributed by atoms with Crippen LogP contribution in [0.3, 0.4) is 0 Å². The van der Waals surface area contributed by atoms with Gasteiger partial charge in [0.15, 0.2) is 0 Å². The molecule has 0 saturated heterocycles.